The summed E-state index contributed by atoms with van der Waals surface area (Å²) >= 11 is 0. The van der Waals surface area contributed by atoms with Crippen molar-refractivity contribution in [1.82, 2.24) is 9.88 Å². The molecule has 1 aromatic carbocycles. The van der Waals surface area contributed by atoms with Crippen molar-refractivity contribution in [3.8, 4) is 6.07 Å². The highest BCUT2D eigenvalue weighted by Crippen LogP contribution is 2.18. The number of fused-ring (bicyclic) bond motifs is 1. The van der Waals surface area contributed by atoms with Crippen LogP contribution in [-0.2, 0) is 4.79 Å². The molecule has 0 spiro atoms. The van der Waals surface area contributed by atoms with Crippen LogP contribution in [0, 0.1) is 11.3 Å². The Morgan fingerprint density at radius 2 is 2.10 bits per heavy atom. The summed E-state index contributed by atoms with van der Waals surface area (Å²) in [4.78, 5) is 17.1. The fourth-order valence-electron chi connectivity index (χ4n) is 2.56. The number of hydrogen-bond acceptors (Lipinski definition) is 2. The van der Waals surface area contributed by atoms with Gasteiger partial charge in [0.1, 0.15) is 11.6 Å². The summed E-state index contributed by atoms with van der Waals surface area (Å²) in [5.74, 6) is -0.154. The third kappa shape index (κ3) is 2.30. The lowest BCUT2D eigenvalue weighted by atomic mass is 10.1. The standard InChI is InChI=1S/C16H15N3O/c17-11-14(16(20)19-7-1-2-8-19)10-12-3-4-15-13(9-12)5-6-18-15/h3-6,9-10,18H,1-2,7-8H2/b14-10+. The average Bonchev–Trinajstić information content (AvgIpc) is 3.14. The first kappa shape index (κ1) is 12.5. The van der Waals surface area contributed by atoms with Gasteiger partial charge in [-0.3, -0.25) is 4.79 Å². The van der Waals surface area contributed by atoms with Crippen LogP contribution in [0.5, 0.6) is 0 Å². The number of benzene rings is 1. The monoisotopic (exact) mass is 265 g/mol. The van der Waals surface area contributed by atoms with E-state index in [0.29, 0.717) is 0 Å². The van der Waals surface area contributed by atoms with E-state index in [4.69, 9.17) is 0 Å². The van der Waals surface area contributed by atoms with Gasteiger partial charge in [0.2, 0.25) is 0 Å². The van der Waals surface area contributed by atoms with Gasteiger partial charge in [-0.15, -0.1) is 0 Å². The molecule has 1 aromatic heterocycles. The minimum atomic E-state index is -0.154. The number of nitriles is 1. The molecule has 1 fully saturated rings. The predicted octanol–water partition coefficient (Wildman–Crippen LogP) is 2.70. The summed E-state index contributed by atoms with van der Waals surface area (Å²) in [6.45, 7) is 1.52. The second kappa shape index (κ2) is 5.22. The average molecular weight is 265 g/mol. The first-order valence-electron chi connectivity index (χ1n) is 6.76. The number of nitrogens with one attached hydrogen (secondary N) is 1. The molecule has 0 saturated carbocycles. The van der Waals surface area contributed by atoms with Crippen LogP contribution in [0.4, 0.5) is 0 Å². The number of amides is 1. The van der Waals surface area contributed by atoms with Crippen LogP contribution in [0.1, 0.15) is 18.4 Å². The summed E-state index contributed by atoms with van der Waals surface area (Å²) in [5.41, 5.74) is 2.13. The minimum Gasteiger partial charge on any atom is -0.361 e. The third-order valence-corrected chi connectivity index (χ3v) is 3.63. The molecule has 4 heteroatoms. The number of nitrogens with zero attached hydrogens (tertiary/aromatic N) is 2. The lowest BCUT2D eigenvalue weighted by molar-refractivity contribution is -0.125. The number of rotatable bonds is 2. The molecule has 1 aliphatic rings. The van der Waals surface area contributed by atoms with E-state index in [9.17, 15) is 10.1 Å². The molecule has 1 amide bonds. The van der Waals surface area contributed by atoms with E-state index in [0.717, 1.165) is 42.4 Å². The number of H-pyrrole nitrogens is 1. The normalized spacial score (nSPS) is 15.6. The highest BCUT2D eigenvalue weighted by Gasteiger charge is 2.21. The van der Waals surface area contributed by atoms with Crippen LogP contribution in [0.2, 0.25) is 0 Å². The second-order valence-corrected chi connectivity index (χ2v) is 4.99. The maximum atomic E-state index is 12.2. The SMILES string of the molecule is N#C/C(=C\c1ccc2[nH]ccc2c1)C(=O)N1CCCC1. The summed E-state index contributed by atoms with van der Waals surface area (Å²) < 4.78 is 0. The highest BCUT2D eigenvalue weighted by atomic mass is 16.2. The molecule has 3 rings (SSSR count). The Labute approximate surface area is 117 Å². The molecule has 100 valence electrons. The first-order valence-corrected chi connectivity index (χ1v) is 6.76. The third-order valence-electron chi connectivity index (χ3n) is 3.63. The molecule has 1 aliphatic heterocycles. The fraction of sp³-hybridized carbons (Fsp3) is 0.250. The van der Waals surface area contributed by atoms with Gasteiger partial charge in [0.05, 0.1) is 0 Å². The molecule has 0 aliphatic carbocycles. The zero-order valence-electron chi connectivity index (χ0n) is 11.1. The van der Waals surface area contributed by atoms with Gasteiger partial charge in [-0.05, 0) is 48.1 Å². The zero-order valence-corrected chi connectivity index (χ0v) is 11.1. The van der Waals surface area contributed by atoms with Gasteiger partial charge in [0.15, 0.2) is 0 Å². The molecule has 0 bridgehead atoms. The molecular formula is C16H15N3O. The van der Waals surface area contributed by atoms with Crippen LogP contribution in [0.15, 0.2) is 36.0 Å². The molecule has 2 heterocycles. The Bertz CT molecular complexity index is 715. The second-order valence-electron chi connectivity index (χ2n) is 4.99. The van der Waals surface area contributed by atoms with E-state index in [1.807, 2.05) is 36.5 Å². The Kier molecular flexibility index (Phi) is 3.26. The largest absolute Gasteiger partial charge is 0.361 e. The van der Waals surface area contributed by atoms with Crippen molar-refractivity contribution in [2.24, 2.45) is 0 Å². The van der Waals surface area contributed by atoms with E-state index in [2.05, 4.69) is 4.98 Å². The summed E-state index contributed by atoms with van der Waals surface area (Å²) in [5, 5.41) is 10.3. The lowest BCUT2D eigenvalue weighted by Gasteiger charge is -2.14. The van der Waals surface area contributed by atoms with Crippen molar-refractivity contribution in [3.63, 3.8) is 0 Å². The Morgan fingerprint density at radius 1 is 1.30 bits per heavy atom. The number of aromatic nitrogens is 1. The van der Waals surface area contributed by atoms with Crippen molar-refractivity contribution in [2.45, 2.75) is 12.8 Å². The van der Waals surface area contributed by atoms with Crippen molar-refractivity contribution in [1.29, 1.82) is 5.26 Å². The lowest BCUT2D eigenvalue weighted by Crippen LogP contribution is -2.28. The molecular weight excluding hydrogens is 250 g/mol. The van der Waals surface area contributed by atoms with E-state index < -0.39 is 0 Å². The van der Waals surface area contributed by atoms with Crippen molar-refractivity contribution >= 4 is 22.9 Å². The van der Waals surface area contributed by atoms with Gasteiger partial charge in [0.25, 0.3) is 5.91 Å². The van der Waals surface area contributed by atoms with Crippen molar-refractivity contribution in [2.75, 3.05) is 13.1 Å². The van der Waals surface area contributed by atoms with Crippen LogP contribution >= 0.6 is 0 Å². The van der Waals surface area contributed by atoms with Gasteiger partial charge >= 0.3 is 0 Å². The van der Waals surface area contributed by atoms with E-state index in [1.165, 1.54) is 0 Å². The molecule has 2 aromatic rings. The first-order chi connectivity index (χ1) is 9.78. The van der Waals surface area contributed by atoms with Crippen LogP contribution in [0.3, 0.4) is 0 Å². The smallest absolute Gasteiger partial charge is 0.264 e. The predicted molar refractivity (Wildman–Crippen MR) is 77.7 cm³/mol. The molecule has 1 N–H and O–H groups in total. The number of carbonyl (C=O) groups is 1. The minimum absolute atomic E-state index is 0.154. The van der Waals surface area contributed by atoms with Crippen LogP contribution in [0.25, 0.3) is 17.0 Å². The molecule has 4 nitrogen and oxygen atoms in total. The van der Waals surface area contributed by atoms with Crippen molar-refractivity contribution < 1.29 is 4.79 Å². The Morgan fingerprint density at radius 3 is 2.85 bits per heavy atom. The van der Waals surface area contributed by atoms with Crippen molar-refractivity contribution in [3.05, 3.63) is 41.6 Å². The van der Waals surface area contributed by atoms with E-state index in [1.54, 1.807) is 11.0 Å². The number of carbonyl (C=O) groups excluding carboxylic acids is 1. The molecule has 1 saturated heterocycles. The maximum absolute atomic E-state index is 12.2. The fourth-order valence-corrected chi connectivity index (χ4v) is 2.56. The van der Waals surface area contributed by atoms with Gasteiger partial charge in [-0.25, -0.2) is 0 Å². The van der Waals surface area contributed by atoms with Crippen LogP contribution < -0.4 is 0 Å². The summed E-state index contributed by atoms with van der Waals surface area (Å²) in [7, 11) is 0. The zero-order chi connectivity index (χ0) is 13.9. The Balaban J connectivity index is 1.91. The van der Waals surface area contributed by atoms with E-state index in [-0.39, 0.29) is 11.5 Å². The van der Waals surface area contributed by atoms with Gasteiger partial charge in [0, 0.05) is 24.8 Å². The highest BCUT2D eigenvalue weighted by molar-refractivity contribution is 6.02. The van der Waals surface area contributed by atoms with Gasteiger partial charge < -0.3 is 9.88 Å². The molecule has 0 atom stereocenters. The van der Waals surface area contributed by atoms with Crippen LogP contribution in [-0.4, -0.2) is 28.9 Å². The van der Waals surface area contributed by atoms with E-state index >= 15 is 0 Å². The van der Waals surface area contributed by atoms with Gasteiger partial charge in [-0.1, -0.05) is 6.07 Å². The quantitative estimate of drug-likeness (QED) is 0.670. The summed E-state index contributed by atoms with van der Waals surface area (Å²) in [6.07, 6.45) is 5.60. The molecule has 0 unspecified atom stereocenters. The molecule has 0 radical (unpaired) electrons. The Hall–Kier alpha value is -2.54. The number of aromatic amines is 1. The number of likely N-dealkylation sites (tertiary alicyclic amines) is 1. The number of hydrogen-bond donors (Lipinski definition) is 1. The maximum Gasteiger partial charge on any atom is 0.264 e. The molecule has 20 heavy (non-hydrogen) atoms. The van der Waals surface area contributed by atoms with Gasteiger partial charge in [-0.2, -0.15) is 5.26 Å². The topological polar surface area (TPSA) is 59.9 Å². The summed E-state index contributed by atoms with van der Waals surface area (Å²) in [6, 6.07) is 9.84.